The molecular weight excluding hydrogens is 190 g/mol. The molecule has 1 heterocycles. The third kappa shape index (κ3) is 2.84. The van der Waals surface area contributed by atoms with Crippen molar-refractivity contribution >= 4 is 5.84 Å². The van der Waals surface area contributed by atoms with Crippen molar-refractivity contribution in [2.75, 3.05) is 6.54 Å². The maximum Gasteiger partial charge on any atom is 0.156 e. The van der Waals surface area contributed by atoms with E-state index in [2.05, 4.69) is 30.8 Å². The van der Waals surface area contributed by atoms with Gasteiger partial charge in [-0.15, -0.1) is 0 Å². The maximum absolute atomic E-state index is 8.76. The highest BCUT2D eigenvalue weighted by Gasteiger charge is 2.30. The van der Waals surface area contributed by atoms with Gasteiger partial charge in [0, 0.05) is 12.6 Å². The number of hydrogen-bond donors (Lipinski definition) is 2. The van der Waals surface area contributed by atoms with Crippen molar-refractivity contribution in [1.29, 1.82) is 0 Å². The number of rotatable bonds is 3. The minimum atomic E-state index is 0.0905. The molecule has 1 rings (SSSR count). The molecule has 0 aromatic carbocycles. The SMILES string of the molecule is CCC(C(N)=NO)N1CC(C)CCC1C. The lowest BCUT2D eigenvalue weighted by molar-refractivity contribution is 0.100. The fourth-order valence-corrected chi connectivity index (χ4v) is 2.44. The van der Waals surface area contributed by atoms with Crippen LogP contribution < -0.4 is 5.73 Å². The lowest BCUT2D eigenvalue weighted by Crippen LogP contribution is -2.52. The van der Waals surface area contributed by atoms with Gasteiger partial charge < -0.3 is 10.9 Å². The zero-order valence-corrected chi connectivity index (χ0v) is 9.98. The van der Waals surface area contributed by atoms with Crippen molar-refractivity contribution in [2.24, 2.45) is 16.8 Å². The van der Waals surface area contributed by atoms with E-state index in [1.54, 1.807) is 0 Å². The minimum Gasteiger partial charge on any atom is -0.409 e. The van der Waals surface area contributed by atoms with E-state index in [1.165, 1.54) is 12.8 Å². The molecule has 0 spiro atoms. The summed E-state index contributed by atoms with van der Waals surface area (Å²) in [7, 11) is 0. The van der Waals surface area contributed by atoms with Crippen LogP contribution in [0.2, 0.25) is 0 Å². The molecule has 4 nitrogen and oxygen atoms in total. The van der Waals surface area contributed by atoms with Crippen LogP contribution >= 0.6 is 0 Å². The van der Waals surface area contributed by atoms with Crippen LogP contribution in [-0.4, -0.2) is 34.6 Å². The molecule has 1 aliphatic rings. The Hall–Kier alpha value is -0.770. The Bertz CT molecular complexity index is 230. The Morgan fingerprint density at radius 3 is 2.73 bits per heavy atom. The predicted molar refractivity (Wildman–Crippen MR) is 62.1 cm³/mol. The summed E-state index contributed by atoms with van der Waals surface area (Å²) in [5, 5.41) is 11.9. The fourth-order valence-electron chi connectivity index (χ4n) is 2.44. The van der Waals surface area contributed by atoms with Crippen LogP contribution in [0.25, 0.3) is 0 Å². The molecule has 0 bridgehead atoms. The third-order valence-electron chi connectivity index (χ3n) is 3.41. The molecule has 0 amide bonds. The number of amidine groups is 1. The minimum absolute atomic E-state index is 0.0905. The van der Waals surface area contributed by atoms with Crippen LogP contribution in [-0.2, 0) is 0 Å². The van der Waals surface area contributed by atoms with E-state index in [0.29, 0.717) is 17.8 Å². The number of hydrogen-bond acceptors (Lipinski definition) is 3. The third-order valence-corrected chi connectivity index (χ3v) is 3.41. The number of nitrogens with zero attached hydrogens (tertiary/aromatic N) is 2. The van der Waals surface area contributed by atoms with Gasteiger partial charge in [0.15, 0.2) is 5.84 Å². The first-order valence-corrected chi connectivity index (χ1v) is 5.83. The fraction of sp³-hybridized carbons (Fsp3) is 0.909. The van der Waals surface area contributed by atoms with Crippen molar-refractivity contribution in [3.05, 3.63) is 0 Å². The van der Waals surface area contributed by atoms with E-state index in [0.717, 1.165) is 13.0 Å². The van der Waals surface area contributed by atoms with E-state index in [4.69, 9.17) is 10.9 Å². The second-order valence-electron chi connectivity index (χ2n) is 4.68. The van der Waals surface area contributed by atoms with Crippen LogP contribution in [0.1, 0.15) is 40.0 Å². The van der Waals surface area contributed by atoms with Gasteiger partial charge in [-0.1, -0.05) is 19.0 Å². The van der Waals surface area contributed by atoms with Gasteiger partial charge in [-0.2, -0.15) is 0 Å². The molecule has 4 heteroatoms. The van der Waals surface area contributed by atoms with Crippen LogP contribution in [0.5, 0.6) is 0 Å². The topological polar surface area (TPSA) is 61.9 Å². The summed E-state index contributed by atoms with van der Waals surface area (Å²) < 4.78 is 0. The van der Waals surface area contributed by atoms with E-state index in [1.807, 2.05) is 0 Å². The van der Waals surface area contributed by atoms with Gasteiger partial charge in [-0.25, -0.2) is 0 Å². The highest BCUT2D eigenvalue weighted by molar-refractivity contribution is 5.85. The Morgan fingerprint density at radius 2 is 2.20 bits per heavy atom. The summed E-state index contributed by atoms with van der Waals surface area (Å²) in [6, 6.07) is 0.624. The lowest BCUT2D eigenvalue weighted by Gasteiger charge is -2.41. The van der Waals surface area contributed by atoms with Crippen molar-refractivity contribution in [3.63, 3.8) is 0 Å². The molecule has 0 aromatic rings. The second-order valence-corrected chi connectivity index (χ2v) is 4.68. The summed E-state index contributed by atoms with van der Waals surface area (Å²) in [5.74, 6) is 1.06. The van der Waals surface area contributed by atoms with E-state index in [-0.39, 0.29) is 6.04 Å². The highest BCUT2D eigenvalue weighted by Crippen LogP contribution is 2.24. The van der Waals surface area contributed by atoms with Gasteiger partial charge in [-0.05, 0) is 32.1 Å². The summed E-state index contributed by atoms with van der Waals surface area (Å²) in [5.41, 5.74) is 5.72. The molecule has 3 atom stereocenters. The van der Waals surface area contributed by atoms with Crippen molar-refractivity contribution in [3.8, 4) is 0 Å². The Balaban J connectivity index is 2.73. The monoisotopic (exact) mass is 213 g/mol. The molecule has 3 unspecified atom stereocenters. The standard InChI is InChI=1S/C11H23N3O/c1-4-10(11(12)13-15)14-7-8(2)5-6-9(14)3/h8-10,15H,4-7H2,1-3H3,(H2,12,13). The van der Waals surface area contributed by atoms with Crippen LogP contribution in [0.4, 0.5) is 0 Å². The van der Waals surface area contributed by atoms with Gasteiger partial charge >= 0.3 is 0 Å². The van der Waals surface area contributed by atoms with Crippen molar-refractivity contribution in [2.45, 2.75) is 52.1 Å². The molecule has 0 aromatic heterocycles. The van der Waals surface area contributed by atoms with Crippen LogP contribution in [0.15, 0.2) is 5.16 Å². The van der Waals surface area contributed by atoms with Crippen LogP contribution in [0.3, 0.4) is 0 Å². The number of nitrogens with two attached hydrogens (primary N) is 1. The average Bonchev–Trinajstić information content (AvgIpc) is 2.23. The van der Waals surface area contributed by atoms with Crippen molar-refractivity contribution in [1.82, 2.24) is 4.90 Å². The highest BCUT2D eigenvalue weighted by atomic mass is 16.4. The second kappa shape index (κ2) is 5.35. The summed E-state index contributed by atoms with van der Waals surface area (Å²) in [4.78, 5) is 2.36. The molecule has 0 aliphatic carbocycles. The van der Waals surface area contributed by atoms with Gasteiger partial charge in [-0.3, -0.25) is 4.90 Å². The van der Waals surface area contributed by atoms with Gasteiger partial charge in [0.05, 0.1) is 6.04 Å². The number of likely N-dealkylation sites (tertiary alicyclic amines) is 1. The Morgan fingerprint density at radius 1 is 1.53 bits per heavy atom. The zero-order valence-electron chi connectivity index (χ0n) is 9.98. The Labute approximate surface area is 92.1 Å². The molecule has 3 N–H and O–H groups in total. The Kier molecular flexibility index (Phi) is 4.39. The smallest absolute Gasteiger partial charge is 0.156 e. The first-order chi connectivity index (χ1) is 7.10. The first kappa shape index (κ1) is 12.3. The summed E-state index contributed by atoms with van der Waals surface area (Å²) in [6.45, 7) is 7.61. The molecular formula is C11H23N3O. The quantitative estimate of drug-likeness (QED) is 0.324. The predicted octanol–water partition coefficient (Wildman–Crippen LogP) is 1.63. The molecule has 1 saturated heterocycles. The molecule has 15 heavy (non-hydrogen) atoms. The largest absolute Gasteiger partial charge is 0.409 e. The molecule has 0 radical (unpaired) electrons. The summed E-state index contributed by atoms with van der Waals surface area (Å²) >= 11 is 0. The van der Waals surface area contributed by atoms with Crippen molar-refractivity contribution < 1.29 is 5.21 Å². The molecule has 1 fully saturated rings. The van der Waals surface area contributed by atoms with E-state index < -0.39 is 0 Å². The van der Waals surface area contributed by atoms with E-state index in [9.17, 15) is 0 Å². The number of piperidine rings is 1. The summed E-state index contributed by atoms with van der Waals surface area (Å²) in [6.07, 6.45) is 3.38. The van der Waals surface area contributed by atoms with E-state index >= 15 is 0 Å². The average molecular weight is 213 g/mol. The van der Waals surface area contributed by atoms with Gasteiger partial charge in [0.2, 0.25) is 0 Å². The molecule has 1 aliphatic heterocycles. The lowest BCUT2D eigenvalue weighted by atomic mass is 9.92. The van der Waals surface area contributed by atoms with Gasteiger partial charge in [0.1, 0.15) is 0 Å². The normalized spacial score (nSPS) is 31.5. The maximum atomic E-state index is 8.76. The number of oxime groups is 1. The van der Waals surface area contributed by atoms with Crippen LogP contribution in [0, 0.1) is 5.92 Å². The molecule has 0 saturated carbocycles. The first-order valence-electron chi connectivity index (χ1n) is 5.83. The molecule has 88 valence electrons. The van der Waals surface area contributed by atoms with Gasteiger partial charge in [0.25, 0.3) is 0 Å². The zero-order chi connectivity index (χ0) is 11.4.